The molecule has 0 aliphatic carbocycles. The Balaban J connectivity index is 2.46. The van der Waals surface area contributed by atoms with E-state index in [1.807, 2.05) is 6.07 Å². The largest absolute Gasteiger partial charge is 0.255 e. The van der Waals surface area contributed by atoms with Crippen LogP contribution in [0.3, 0.4) is 0 Å². The van der Waals surface area contributed by atoms with Gasteiger partial charge in [0.15, 0.2) is 0 Å². The number of aromatic nitrogens is 1. The van der Waals surface area contributed by atoms with Crippen molar-refractivity contribution < 1.29 is 4.39 Å². The molecule has 0 bridgehead atoms. The van der Waals surface area contributed by atoms with Crippen LogP contribution in [0.15, 0.2) is 36.5 Å². The maximum Gasteiger partial charge on any atom is 0.123 e. The quantitative estimate of drug-likeness (QED) is 0.756. The Bertz CT molecular complexity index is 558. The molecule has 0 radical (unpaired) electrons. The monoisotopic (exact) mass is 232 g/mol. The zero-order valence-corrected chi connectivity index (χ0v) is 8.87. The molecule has 0 saturated carbocycles. The van der Waals surface area contributed by atoms with E-state index in [1.54, 1.807) is 18.2 Å². The van der Waals surface area contributed by atoms with E-state index in [0.717, 1.165) is 5.56 Å². The predicted molar refractivity (Wildman–Crippen MR) is 59.4 cm³/mol. The minimum absolute atomic E-state index is 0.302. The molecule has 0 amide bonds. The van der Waals surface area contributed by atoms with Gasteiger partial charge >= 0.3 is 0 Å². The van der Waals surface area contributed by atoms with E-state index in [2.05, 4.69) is 4.98 Å². The first kappa shape index (κ1) is 10.6. The van der Waals surface area contributed by atoms with E-state index in [-0.39, 0.29) is 5.82 Å². The van der Waals surface area contributed by atoms with Crippen LogP contribution < -0.4 is 0 Å². The topological polar surface area (TPSA) is 36.7 Å². The summed E-state index contributed by atoms with van der Waals surface area (Å²) in [7, 11) is 0. The van der Waals surface area contributed by atoms with Crippen molar-refractivity contribution in [1.29, 1.82) is 5.26 Å². The molecule has 2 nitrogen and oxygen atoms in total. The maximum absolute atomic E-state index is 12.7. The van der Waals surface area contributed by atoms with E-state index in [9.17, 15) is 4.39 Å². The van der Waals surface area contributed by atoms with Crippen molar-refractivity contribution in [2.24, 2.45) is 0 Å². The fraction of sp³-hybridized carbons (Fsp3) is 0. The molecule has 1 aromatic heterocycles. The lowest BCUT2D eigenvalue weighted by Gasteiger charge is -2.01. The summed E-state index contributed by atoms with van der Waals surface area (Å²) in [5.74, 6) is -0.302. The molecule has 4 heteroatoms. The predicted octanol–water partition coefficient (Wildman–Crippen LogP) is 3.41. The lowest BCUT2D eigenvalue weighted by Crippen LogP contribution is -1.86. The number of rotatable bonds is 1. The lowest BCUT2D eigenvalue weighted by molar-refractivity contribution is 0.628. The van der Waals surface area contributed by atoms with Crippen molar-refractivity contribution in [2.75, 3.05) is 0 Å². The van der Waals surface area contributed by atoms with Crippen LogP contribution in [0.25, 0.3) is 11.3 Å². The van der Waals surface area contributed by atoms with Gasteiger partial charge in [-0.05, 0) is 30.3 Å². The van der Waals surface area contributed by atoms with Gasteiger partial charge in [-0.1, -0.05) is 11.6 Å². The number of halogens is 2. The number of nitriles is 1. The number of benzene rings is 1. The lowest BCUT2D eigenvalue weighted by atomic mass is 10.1. The van der Waals surface area contributed by atoms with Gasteiger partial charge in [0.1, 0.15) is 11.9 Å². The molecular formula is C12H6ClFN2. The van der Waals surface area contributed by atoms with Gasteiger partial charge in [0.05, 0.1) is 16.3 Å². The molecule has 0 saturated heterocycles. The summed E-state index contributed by atoms with van der Waals surface area (Å²) >= 11 is 5.87. The van der Waals surface area contributed by atoms with Gasteiger partial charge in [0.25, 0.3) is 0 Å². The first-order chi connectivity index (χ1) is 7.70. The van der Waals surface area contributed by atoms with Gasteiger partial charge in [-0.2, -0.15) is 5.26 Å². The fourth-order valence-electron chi connectivity index (χ4n) is 1.29. The molecule has 0 spiro atoms. The zero-order valence-electron chi connectivity index (χ0n) is 8.11. The van der Waals surface area contributed by atoms with Crippen LogP contribution in [0.1, 0.15) is 5.56 Å². The summed E-state index contributed by atoms with van der Waals surface area (Å²) in [4.78, 5) is 4.08. The highest BCUT2D eigenvalue weighted by Crippen LogP contribution is 2.22. The summed E-state index contributed by atoms with van der Waals surface area (Å²) in [6.07, 6.45) is 1.40. The summed E-state index contributed by atoms with van der Waals surface area (Å²) < 4.78 is 12.7. The second-order valence-corrected chi connectivity index (χ2v) is 3.58. The molecule has 1 heterocycles. The van der Waals surface area contributed by atoms with E-state index in [4.69, 9.17) is 16.9 Å². The van der Waals surface area contributed by atoms with Crippen molar-refractivity contribution >= 4 is 11.6 Å². The van der Waals surface area contributed by atoms with Crippen molar-refractivity contribution in [3.8, 4) is 17.3 Å². The molecule has 2 aromatic rings. The number of nitrogens with zero attached hydrogens (tertiary/aromatic N) is 2. The third-order valence-corrected chi connectivity index (χ3v) is 2.43. The molecule has 16 heavy (non-hydrogen) atoms. The highest BCUT2D eigenvalue weighted by molar-refractivity contribution is 6.31. The Hall–Kier alpha value is -1.92. The maximum atomic E-state index is 12.7. The number of pyridine rings is 1. The first-order valence-electron chi connectivity index (χ1n) is 4.52. The molecule has 0 unspecified atom stereocenters. The van der Waals surface area contributed by atoms with Crippen LogP contribution in [0, 0.1) is 17.1 Å². The van der Waals surface area contributed by atoms with Crippen molar-refractivity contribution in [1.82, 2.24) is 4.98 Å². The Morgan fingerprint density at radius 1 is 1.25 bits per heavy atom. The molecule has 1 aromatic carbocycles. The van der Waals surface area contributed by atoms with Gasteiger partial charge in [0, 0.05) is 11.8 Å². The minimum atomic E-state index is -0.302. The summed E-state index contributed by atoms with van der Waals surface area (Å²) in [6.45, 7) is 0. The third kappa shape index (κ3) is 2.02. The molecule has 0 aliphatic heterocycles. The Morgan fingerprint density at radius 3 is 2.50 bits per heavy atom. The van der Waals surface area contributed by atoms with Gasteiger partial charge in [-0.25, -0.2) is 4.39 Å². The van der Waals surface area contributed by atoms with Gasteiger partial charge in [-0.15, -0.1) is 0 Å². The highest BCUT2D eigenvalue weighted by atomic mass is 35.5. The standard InChI is InChI=1S/C12H6ClFN2/c13-11-5-12(16-7-9(11)6-15)8-1-3-10(14)4-2-8/h1-5,7H. The SMILES string of the molecule is N#Cc1cnc(-c2ccc(F)cc2)cc1Cl. The van der Waals surface area contributed by atoms with E-state index in [0.29, 0.717) is 16.3 Å². The molecule has 2 rings (SSSR count). The normalized spacial score (nSPS) is 9.81. The average molecular weight is 233 g/mol. The molecule has 0 fully saturated rings. The number of hydrogen-bond donors (Lipinski definition) is 0. The summed E-state index contributed by atoms with van der Waals surface area (Å²) in [5, 5.41) is 9.04. The van der Waals surface area contributed by atoms with Crippen LogP contribution in [0.2, 0.25) is 5.02 Å². The Kier molecular flexibility index (Phi) is 2.84. The fourth-order valence-corrected chi connectivity index (χ4v) is 1.49. The van der Waals surface area contributed by atoms with Crippen molar-refractivity contribution in [3.63, 3.8) is 0 Å². The van der Waals surface area contributed by atoms with Gasteiger partial charge in [0.2, 0.25) is 0 Å². The van der Waals surface area contributed by atoms with Gasteiger partial charge < -0.3 is 0 Å². The molecule has 0 N–H and O–H groups in total. The second-order valence-electron chi connectivity index (χ2n) is 3.17. The molecule has 0 aliphatic rings. The highest BCUT2D eigenvalue weighted by Gasteiger charge is 2.04. The Labute approximate surface area is 96.9 Å². The minimum Gasteiger partial charge on any atom is -0.255 e. The van der Waals surface area contributed by atoms with Crippen LogP contribution in [0.4, 0.5) is 4.39 Å². The summed E-state index contributed by atoms with van der Waals surface area (Å²) in [5.41, 5.74) is 1.70. The van der Waals surface area contributed by atoms with Crippen LogP contribution in [-0.4, -0.2) is 4.98 Å². The molecule has 0 atom stereocenters. The van der Waals surface area contributed by atoms with Crippen LogP contribution in [0.5, 0.6) is 0 Å². The molecule has 78 valence electrons. The third-order valence-electron chi connectivity index (χ3n) is 2.11. The summed E-state index contributed by atoms with van der Waals surface area (Å²) in [6, 6.07) is 9.44. The van der Waals surface area contributed by atoms with E-state index < -0.39 is 0 Å². The Morgan fingerprint density at radius 2 is 1.94 bits per heavy atom. The smallest absolute Gasteiger partial charge is 0.123 e. The second kappa shape index (κ2) is 4.30. The van der Waals surface area contributed by atoms with E-state index in [1.165, 1.54) is 18.3 Å². The zero-order chi connectivity index (χ0) is 11.5. The molecular weight excluding hydrogens is 227 g/mol. The van der Waals surface area contributed by atoms with Crippen LogP contribution >= 0.6 is 11.6 Å². The van der Waals surface area contributed by atoms with E-state index >= 15 is 0 Å². The van der Waals surface area contributed by atoms with Gasteiger partial charge in [-0.3, -0.25) is 4.98 Å². The van der Waals surface area contributed by atoms with Crippen molar-refractivity contribution in [3.05, 3.63) is 52.9 Å². The first-order valence-corrected chi connectivity index (χ1v) is 4.90. The van der Waals surface area contributed by atoms with Crippen LogP contribution in [-0.2, 0) is 0 Å². The number of hydrogen-bond acceptors (Lipinski definition) is 2. The average Bonchev–Trinajstić information content (AvgIpc) is 2.30. The van der Waals surface area contributed by atoms with Crippen molar-refractivity contribution in [2.45, 2.75) is 0 Å².